The summed E-state index contributed by atoms with van der Waals surface area (Å²) in [5.74, 6) is -2.27. The Morgan fingerprint density at radius 2 is 1.95 bits per heavy atom. The largest absolute Gasteiger partial charge is 0.491 e. The van der Waals surface area contributed by atoms with Crippen LogP contribution in [0.25, 0.3) is 5.69 Å². The quantitative estimate of drug-likeness (QED) is 0.656. The first kappa shape index (κ1) is 14.3. The van der Waals surface area contributed by atoms with Crippen LogP contribution in [0.1, 0.15) is 10.4 Å². The Morgan fingerprint density at radius 3 is 2.43 bits per heavy atom. The van der Waals surface area contributed by atoms with Crippen LogP contribution in [0.3, 0.4) is 0 Å². The van der Waals surface area contributed by atoms with E-state index in [4.69, 9.17) is 16.7 Å². The third-order valence-electron chi connectivity index (χ3n) is 2.36. The van der Waals surface area contributed by atoms with Gasteiger partial charge in [0.15, 0.2) is 0 Å². The predicted molar refractivity (Wildman–Crippen MR) is 66.6 cm³/mol. The van der Waals surface area contributed by atoms with Gasteiger partial charge in [-0.05, 0) is 4.92 Å². The van der Waals surface area contributed by atoms with Crippen molar-refractivity contribution in [3.05, 3.63) is 49.3 Å². The smallest absolute Gasteiger partial charge is 0.478 e. The maximum absolute atomic E-state index is 11.2. The molecule has 2 rings (SSSR count). The van der Waals surface area contributed by atoms with E-state index >= 15 is 0 Å². The monoisotopic (exact) mass is 313 g/mol. The molecule has 21 heavy (non-hydrogen) atoms. The van der Waals surface area contributed by atoms with E-state index in [1.54, 1.807) is 0 Å². The standard InChI is InChI=1S/C9H4ClN5O6/c10-6-2-4(14(18)19)1-5(8(16)17)7(6)13-3-11-9(12-13)15(20)21/h1-3H,(H,16,17). The molecule has 0 spiro atoms. The molecule has 0 unspecified atom stereocenters. The summed E-state index contributed by atoms with van der Waals surface area (Å²) in [4.78, 5) is 34.1. The molecule has 1 heterocycles. The molecule has 0 radical (unpaired) electrons. The fraction of sp³-hybridized carbons (Fsp3) is 0. The lowest BCUT2D eigenvalue weighted by atomic mass is 10.1. The van der Waals surface area contributed by atoms with Gasteiger partial charge in [0.2, 0.25) is 6.33 Å². The Kier molecular flexibility index (Phi) is 3.50. The summed E-state index contributed by atoms with van der Waals surface area (Å²) in [6, 6.07) is 1.69. The number of carboxylic acids is 1. The number of halogens is 1. The molecule has 0 aliphatic heterocycles. The van der Waals surface area contributed by atoms with Crippen molar-refractivity contribution < 1.29 is 19.7 Å². The van der Waals surface area contributed by atoms with E-state index in [0.717, 1.165) is 23.1 Å². The molecule has 1 N–H and O–H groups in total. The van der Waals surface area contributed by atoms with Crippen LogP contribution in [0.5, 0.6) is 0 Å². The molecule has 0 aliphatic rings. The third-order valence-corrected chi connectivity index (χ3v) is 2.65. The molecular formula is C9H4ClN5O6. The number of nitro benzene ring substituents is 1. The van der Waals surface area contributed by atoms with E-state index in [-0.39, 0.29) is 10.7 Å². The zero-order chi connectivity index (χ0) is 15.7. The second kappa shape index (κ2) is 5.13. The number of hydrogen-bond acceptors (Lipinski definition) is 7. The SMILES string of the molecule is O=C(O)c1cc([N+](=O)[O-])cc(Cl)c1-n1cnc([N+](=O)[O-])n1. The third kappa shape index (κ3) is 2.62. The van der Waals surface area contributed by atoms with Crippen LogP contribution in [0.15, 0.2) is 18.5 Å². The lowest BCUT2D eigenvalue weighted by Gasteiger charge is -2.05. The van der Waals surface area contributed by atoms with Crippen LogP contribution in [0.4, 0.5) is 11.6 Å². The minimum Gasteiger partial charge on any atom is -0.478 e. The predicted octanol–water partition coefficient (Wildman–Crippen LogP) is 1.44. The van der Waals surface area contributed by atoms with Gasteiger partial charge in [-0.2, -0.15) is 0 Å². The number of aromatic carboxylic acids is 1. The average molecular weight is 314 g/mol. The molecule has 0 amide bonds. The second-order valence-electron chi connectivity index (χ2n) is 3.63. The molecule has 11 nitrogen and oxygen atoms in total. The average Bonchev–Trinajstić information content (AvgIpc) is 2.86. The molecular weight excluding hydrogens is 310 g/mol. The van der Waals surface area contributed by atoms with Gasteiger partial charge in [-0.25, -0.2) is 4.79 Å². The summed E-state index contributed by atoms with van der Waals surface area (Å²) >= 11 is 5.82. The summed E-state index contributed by atoms with van der Waals surface area (Å²) in [5.41, 5.74) is -1.32. The van der Waals surface area contributed by atoms with Crippen LogP contribution in [-0.2, 0) is 0 Å². The molecule has 1 aromatic carbocycles. The van der Waals surface area contributed by atoms with E-state index in [9.17, 15) is 25.0 Å². The van der Waals surface area contributed by atoms with Gasteiger partial charge in [0.1, 0.15) is 5.69 Å². The van der Waals surface area contributed by atoms with Crippen LogP contribution in [0.2, 0.25) is 5.02 Å². The zero-order valence-corrected chi connectivity index (χ0v) is 10.6. The fourth-order valence-electron chi connectivity index (χ4n) is 1.53. The van der Waals surface area contributed by atoms with Crippen molar-refractivity contribution in [2.45, 2.75) is 0 Å². The minimum atomic E-state index is -1.51. The topological polar surface area (TPSA) is 154 Å². The van der Waals surface area contributed by atoms with E-state index < -0.39 is 33.0 Å². The Bertz CT molecular complexity index is 772. The van der Waals surface area contributed by atoms with Gasteiger partial charge in [0, 0.05) is 17.2 Å². The highest BCUT2D eigenvalue weighted by Gasteiger charge is 2.25. The highest BCUT2D eigenvalue weighted by molar-refractivity contribution is 6.33. The molecule has 1 aromatic heterocycles. The molecule has 108 valence electrons. The van der Waals surface area contributed by atoms with E-state index in [0.29, 0.717) is 0 Å². The summed E-state index contributed by atoms with van der Waals surface area (Å²) in [7, 11) is 0. The van der Waals surface area contributed by atoms with Gasteiger partial charge >= 0.3 is 11.9 Å². The van der Waals surface area contributed by atoms with Gasteiger partial charge < -0.3 is 15.2 Å². The van der Waals surface area contributed by atoms with Crippen molar-refractivity contribution in [1.29, 1.82) is 0 Å². The van der Waals surface area contributed by atoms with Crippen LogP contribution < -0.4 is 0 Å². The number of rotatable bonds is 4. The van der Waals surface area contributed by atoms with Crippen molar-refractivity contribution in [3.63, 3.8) is 0 Å². The van der Waals surface area contributed by atoms with Crippen molar-refractivity contribution >= 4 is 29.2 Å². The van der Waals surface area contributed by atoms with Crippen LogP contribution >= 0.6 is 11.6 Å². The summed E-state index contributed by atoms with van der Waals surface area (Å²) in [6.45, 7) is 0. The Hall–Kier alpha value is -3.08. The van der Waals surface area contributed by atoms with Gasteiger partial charge in [0.05, 0.1) is 15.5 Å². The van der Waals surface area contributed by atoms with E-state index in [1.165, 1.54) is 0 Å². The van der Waals surface area contributed by atoms with Gasteiger partial charge in [-0.1, -0.05) is 16.6 Å². The molecule has 0 saturated heterocycles. The van der Waals surface area contributed by atoms with Gasteiger partial charge in [-0.3, -0.25) is 10.1 Å². The minimum absolute atomic E-state index is 0.254. The number of non-ortho nitro benzene ring substituents is 1. The van der Waals surface area contributed by atoms with Crippen molar-refractivity contribution in [2.24, 2.45) is 0 Å². The second-order valence-corrected chi connectivity index (χ2v) is 4.04. The summed E-state index contributed by atoms with van der Waals surface area (Å²) < 4.78 is 0.771. The Morgan fingerprint density at radius 1 is 1.29 bits per heavy atom. The molecule has 2 aromatic rings. The highest BCUT2D eigenvalue weighted by Crippen LogP contribution is 2.29. The summed E-state index contributed by atoms with van der Waals surface area (Å²) in [6.07, 6.45) is 0.887. The molecule has 0 saturated carbocycles. The molecule has 0 atom stereocenters. The van der Waals surface area contributed by atoms with Crippen molar-refractivity contribution in [1.82, 2.24) is 14.8 Å². The Balaban J connectivity index is 2.69. The number of benzene rings is 1. The number of aromatic nitrogens is 3. The number of nitro groups is 2. The first-order valence-corrected chi connectivity index (χ1v) is 5.46. The Labute approximate surface area is 119 Å². The maximum Gasteiger partial charge on any atom is 0.491 e. The molecule has 12 heteroatoms. The maximum atomic E-state index is 11.2. The number of carboxylic acid groups (broad SMARTS) is 1. The first-order valence-electron chi connectivity index (χ1n) is 5.09. The van der Waals surface area contributed by atoms with E-state index in [2.05, 4.69) is 10.1 Å². The molecule has 0 bridgehead atoms. The number of hydrogen-bond donors (Lipinski definition) is 1. The zero-order valence-electron chi connectivity index (χ0n) is 9.83. The fourth-order valence-corrected chi connectivity index (χ4v) is 1.83. The summed E-state index contributed by atoms with van der Waals surface area (Å²) in [5, 5.41) is 33.5. The van der Waals surface area contributed by atoms with Gasteiger partial charge in [-0.15, -0.1) is 4.68 Å². The van der Waals surface area contributed by atoms with Crippen molar-refractivity contribution in [2.75, 3.05) is 0 Å². The van der Waals surface area contributed by atoms with Crippen LogP contribution in [-0.4, -0.2) is 35.7 Å². The molecule has 0 aliphatic carbocycles. The number of carbonyl (C=O) groups is 1. The van der Waals surface area contributed by atoms with Crippen LogP contribution in [0, 0.1) is 20.2 Å². The van der Waals surface area contributed by atoms with E-state index in [1.807, 2.05) is 0 Å². The van der Waals surface area contributed by atoms with Crippen molar-refractivity contribution in [3.8, 4) is 5.69 Å². The normalized spacial score (nSPS) is 10.3. The number of nitrogens with zero attached hydrogens (tertiary/aromatic N) is 5. The highest BCUT2D eigenvalue weighted by atomic mass is 35.5. The first-order chi connectivity index (χ1) is 9.81. The lowest BCUT2D eigenvalue weighted by molar-refractivity contribution is -0.394. The molecule has 0 fully saturated rings. The lowest BCUT2D eigenvalue weighted by Crippen LogP contribution is -2.08. The van der Waals surface area contributed by atoms with Gasteiger partial charge in [0.25, 0.3) is 5.69 Å².